The Morgan fingerprint density at radius 1 is 1.19 bits per heavy atom. The Kier molecular flexibility index (Phi) is 5.59. The molecule has 1 heterocycles. The summed E-state index contributed by atoms with van der Waals surface area (Å²) in [7, 11) is 1.48. The van der Waals surface area contributed by atoms with Gasteiger partial charge in [-0.3, -0.25) is 4.79 Å². The molecule has 1 aliphatic heterocycles. The van der Waals surface area contributed by atoms with Gasteiger partial charge in [0, 0.05) is 28.8 Å². The lowest BCUT2D eigenvalue weighted by Crippen LogP contribution is -2.44. The Bertz CT molecular complexity index is 771. The monoisotopic (exact) mass is 371 g/mol. The first kappa shape index (κ1) is 19.5. The summed E-state index contributed by atoms with van der Waals surface area (Å²) in [4.78, 5) is 24.5. The molecule has 1 aliphatic carbocycles. The number of allylic oxidation sites excluding steroid dienone is 1. The van der Waals surface area contributed by atoms with Crippen LogP contribution in [-0.2, 0) is 11.2 Å². The first-order valence-corrected chi connectivity index (χ1v) is 9.79. The van der Waals surface area contributed by atoms with Crippen LogP contribution in [0.5, 0.6) is 5.75 Å². The van der Waals surface area contributed by atoms with Crippen molar-refractivity contribution in [3.8, 4) is 5.75 Å². The fourth-order valence-corrected chi connectivity index (χ4v) is 4.24. The van der Waals surface area contributed by atoms with Crippen LogP contribution >= 0.6 is 0 Å². The first-order chi connectivity index (χ1) is 12.8. The van der Waals surface area contributed by atoms with Crippen LogP contribution in [0.2, 0.25) is 0 Å². The van der Waals surface area contributed by atoms with E-state index in [0.29, 0.717) is 5.75 Å². The molecule has 1 aromatic rings. The van der Waals surface area contributed by atoms with Gasteiger partial charge in [0.05, 0.1) is 7.11 Å². The van der Waals surface area contributed by atoms with Gasteiger partial charge in [0.15, 0.2) is 5.78 Å². The molecule has 0 atom stereocenters. The van der Waals surface area contributed by atoms with E-state index in [4.69, 9.17) is 4.74 Å². The SMILES string of the molecule is COc1cc2c(cc1C(=O)O)C(=CC(=O)C1CCCCCC1)NC(C)(C)C2. The van der Waals surface area contributed by atoms with E-state index in [9.17, 15) is 14.7 Å². The second kappa shape index (κ2) is 7.75. The molecule has 27 heavy (non-hydrogen) atoms. The summed E-state index contributed by atoms with van der Waals surface area (Å²) in [5.41, 5.74) is 2.40. The number of aromatic carboxylic acids is 1. The van der Waals surface area contributed by atoms with Gasteiger partial charge in [-0.15, -0.1) is 0 Å². The van der Waals surface area contributed by atoms with Crippen LogP contribution in [0.3, 0.4) is 0 Å². The molecule has 5 heteroatoms. The summed E-state index contributed by atoms with van der Waals surface area (Å²) in [6, 6.07) is 3.43. The Morgan fingerprint density at radius 3 is 2.44 bits per heavy atom. The molecular formula is C22H29NO4. The fraction of sp³-hybridized carbons (Fsp3) is 0.545. The van der Waals surface area contributed by atoms with Crippen LogP contribution in [0.1, 0.15) is 73.9 Å². The zero-order chi connectivity index (χ0) is 19.6. The largest absolute Gasteiger partial charge is 0.496 e. The first-order valence-electron chi connectivity index (χ1n) is 9.79. The zero-order valence-corrected chi connectivity index (χ0v) is 16.4. The van der Waals surface area contributed by atoms with Crippen molar-refractivity contribution >= 4 is 17.4 Å². The molecule has 3 rings (SSSR count). The van der Waals surface area contributed by atoms with Crippen molar-refractivity contribution in [2.24, 2.45) is 5.92 Å². The van der Waals surface area contributed by atoms with E-state index in [1.165, 1.54) is 20.0 Å². The Morgan fingerprint density at radius 2 is 1.85 bits per heavy atom. The molecule has 5 nitrogen and oxygen atoms in total. The summed E-state index contributed by atoms with van der Waals surface area (Å²) in [5.74, 6) is -0.453. The summed E-state index contributed by atoms with van der Waals surface area (Å²) in [6.45, 7) is 4.16. The zero-order valence-electron chi connectivity index (χ0n) is 16.4. The maximum Gasteiger partial charge on any atom is 0.339 e. The lowest BCUT2D eigenvalue weighted by atomic mass is 9.83. The quantitative estimate of drug-likeness (QED) is 0.613. The van der Waals surface area contributed by atoms with Crippen molar-refractivity contribution in [2.75, 3.05) is 7.11 Å². The highest BCUT2D eigenvalue weighted by Crippen LogP contribution is 2.35. The van der Waals surface area contributed by atoms with Crippen molar-refractivity contribution in [2.45, 2.75) is 64.3 Å². The van der Waals surface area contributed by atoms with Gasteiger partial charge in [-0.2, -0.15) is 0 Å². The molecule has 0 amide bonds. The molecule has 2 aliphatic rings. The number of carbonyl (C=O) groups is 2. The number of rotatable bonds is 4. The summed E-state index contributed by atoms with van der Waals surface area (Å²) < 4.78 is 5.28. The third kappa shape index (κ3) is 4.34. The third-order valence-electron chi connectivity index (χ3n) is 5.60. The highest BCUT2D eigenvalue weighted by atomic mass is 16.5. The van der Waals surface area contributed by atoms with Crippen molar-refractivity contribution in [1.82, 2.24) is 5.32 Å². The predicted octanol–water partition coefficient (Wildman–Crippen LogP) is 4.20. The average Bonchev–Trinajstić information content (AvgIpc) is 2.89. The Hall–Kier alpha value is -2.30. The topological polar surface area (TPSA) is 75.6 Å². The number of nitrogens with one attached hydrogen (secondary N) is 1. The Labute approximate surface area is 160 Å². The van der Waals surface area contributed by atoms with E-state index in [2.05, 4.69) is 19.2 Å². The number of carbonyl (C=O) groups excluding carboxylic acids is 1. The number of ketones is 1. The van der Waals surface area contributed by atoms with Gasteiger partial charge in [0.2, 0.25) is 0 Å². The van der Waals surface area contributed by atoms with Gasteiger partial charge in [-0.25, -0.2) is 4.79 Å². The molecule has 0 unspecified atom stereocenters. The Balaban J connectivity index is 2.02. The average molecular weight is 371 g/mol. The smallest absolute Gasteiger partial charge is 0.339 e. The molecule has 0 spiro atoms. The molecule has 1 aromatic carbocycles. The van der Waals surface area contributed by atoms with Gasteiger partial charge in [-0.05, 0) is 50.8 Å². The fourth-order valence-electron chi connectivity index (χ4n) is 4.24. The van der Waals surface area contributed by atoms with Crippen LogP contribution in [-0.4, -0.2) is 29.5 Å². The molecule has 0 aromatic heterocycles. The number of hydrogen-bond acceptors (Lipinski definition) is 4. The predicted molar refractivity (Wildman–Crippen MR) is 105 cm³/mol. The maximum absolute atomic E-state index is 12.9. The molecule has 146 valence electrons. The van der Waals surface area contributed by atoms with Crippen molar-refractivity contribution in [1.29, 1.82) is 0 Å². The van der Waals surface area contributed by atoms with E-state index in [0.717, 1.165) is 48.9 Å². The van der Waals surface area contributed by atoms with E-state index < -0.39 is 5.97 Å². The summed E-state index contributed by atoms with van der Waals surface area (Å²) in [6.07, 6.45) is 8.95. The number of hydrogen-bond donors (Lipinski definition) is 2. The number of fused-ring (bicyclic) bond motifs is 1. The number of ether oxygens (including phenoxy) is 1. The van der Waals surface area contributed by atoms with Gasteiger partial charge in [0.1, 0.15) is 11.3 Å². The second-order valence-corrected chi connectivity index (χ2v) is 8.35. The maximum atomic E-state index is 12.9. The number of methoxy groups -OCH3 is 1. The van der Waals surface area contributed by atoms with Crippen molar-refractivity contribution < 1.29 is 19.4 Å². The summed E-state index contributed by atoms with van der Waals surface area (Å²) in [5, 5.41) is 13.0. The number of carboxylic acid groups (broad SMARTS) is 1. The van der Waals surface area contributed by atoms with Gasteiger partial charge >= 0.3 is 5.97 Å². The van der Waals surface area contributed by atoms with E-state index in [1.54, 1.807) is 18.2 Å². The van der Waals surface area contributed by atoms with Gasteiger partial charge in [-0.1, -0.05) is 25.7 Å². The van der Waals surface area contributed by atoms with Crippen molar-refractivity contribution in [3.05, 3.63) is 34.9 Å². The van der Waals surface area contributed by atoms with Gasteiger partial charge in [0.25, 0.3) is 0 Å². The molecule has 0 bridgehead atoms. The third-order valence-corrected chi connectivity index (χ3v) is 5.60. The standard InChI is InChI=1S/C22H29NO4/c1-22(2)13-15-10-20(27-3)17(21(25)26)11-16(15)18(23-22)12-19(24)14-8-6-4-5-7-9-14/h10-12,14,23H,4-9,13H2,1-3H3,(H,25,26). The van der Waals surface area contributed by atoms with Gasteiger partial charge < -0.3 is 15.2 Å². The molecule has 2 N–H and O–H groups in total. The van der Waals surface area contributed by atoms with Crippen LogP contribution < -0.4 is 10.1 Å². The minimum Gasteiger partial charge on any atom is -0.496 e. The highest BCUT2D eigenvalue weighted by Gasteiger charge is 2.31. The van der Waals surface area contributed by atoms with Crippen LogP contribution in [0.15, 0.2) is 18.2 Å². The molecule has 1 saturated carbocycles. The van der Waals surface area contributed by atoms with E-state index >= 15 is 0 Å². The minimum atomic E-state index is -1.03. The van der Waals surface area contributed by atoms with Crippen molar-refractivity contribution in [3.63, 3.8) is 0 Å². The lowest BCUT2D eigenvalue weighted by molar-refractivity contribution is -0.118. The van der Waals surface area contributed by atoms with E-state index in [-0.39, 0.29) is 22.8 Å². The van der Waals surface area contributed by atoms with Crippen LogP contribution in [0.25, 0.3) is 5.70 Å². The number of benzene rings is 1. The normalized spacial score (nSPS) is 21.1. The molecule has 1 fully saturated rings. The molecule has 0 radical (unpaired) electrons. The second-order valence-electron chi connectivity index (χ2n) is 8.35. The summed E-state index contributed by atoms with van der Waals surface area (Å²) >= 11 is 0. The van der Waals surface area contributed by atoms with Crippen LogP contribution in [0, 0.1) is 5.92 Å². The molecular weight excluding hydrogens is 342 g/mol. The van der Waals surface area contributed by atoms with E-state index in [1.807, 2.05) is 0 Å². The highest BCUT2D eigenvalue weighted by molar-refractivity contribution is 6.00. The molecule has 0 saturated heterocycles. The van der Waals surface area contributed by atoms with Crippen LogP contribution in [0.4, 0.5) is 0 Å². The minimum absolute atomic E-state index is 0.0764. The number of carboxylic acids is 1. The lowest BCUT2D eigenvalue weighted by Gasteiger charge is -2.36.